The molecule has 0 saturated carbocycles. The molecule has 0 amide bonds. The lowest BCUT2D eigenvalue weighted by molar-refractivity contribution is 0.527. The Hall–Kier alpha value is 0.220. The zero-order valence-electron chi connectivity index (χ0n) is 6.69. The Bertz CT molecular complexity index is 142. The van der Waals surface area contributed by atoms with Crippen LogP contribution in [0, 0.1) is 0 Å². The van der Waals surface area contributed by atoms with Crippen molar-refractivity contribution in [2.45, 2.75) is 25.7 Å². The normalized spacial score (nSPS) is 15.8. The molecule has 0 heterocycles. The smallest absolute Gasteiger partial charge is 0.0102 e. The van der Waals surface area contributed by atoms with Gasteiger partial charge < -0.3 is 9.11 Å². The van der Waals surface area contributed by atoms with Gasteiger partial charge in [0.25, 0.3) is 0 Å². The zero-order chi connectivity index (χ0) is 9.40. The SMILES string of the molecule is O=S([O-])CCCCCCS(=O)[O-]. The van der Waals surface area contributed by atoms with E-state index in [-0.39, 0.29) is 11.5 Å². The molecule has 0 saturated heterocycles. The molecule has 0 N–H and O–H groups in total. The molecule has 0 aliphatic carbocycles. The first-order chi connectivity index (χ1) is 5.63. The van der Waals surface area contributed by atoms with Crippen LogP contribution < -0.4 is 0 Å². The first-order valence-electron chi connectivity index (χ1n) is 3.74. The van der Waals surface area contributed by atoms with E-state index in [4.69, 9.17) is 0 Å². The van der Waals surface area contributed by atoms with Crippen LogP contribution in [0.15, 0.2) is 0 Å². The van der Waals surface area contributed by atoms with Crippen LogP contribution >= 0.6 is 0 Å². The standard InChI is InChI=1S/C6H14O4S2/c7-11(8)5-3-1-2-4-6-12(9)10/h1-6H2,(H,7,8)(H,9,10)/p-2. The van der Waals surface area contributed by atoms with Gasteiger partial charge in [0.2, 0.25) is 0 Å². The molecule has 0 aromatic heterocycles. The average Bonchev–Trinajstić information content (AvgIpc) is 1.95. The van der Waals surface area contributed by atoms with Gasteiger partial charge in [0.1, 0.15) is 0 Å². The molecule has 0 radical (unpaired) electrons. The third-order valence-corrected chi connectivity index (χ3v) is 2.62. The maximum Gasteiger partial charge on any atom is 0.0102 e. The fraction of sp³-hybridized carbons (Fsp3) is 1.00. The third kappa shape index (κ3) is 10.2. The van der Waals surface area contributed by atoms with Crippen molar-refractivity contribution in [3.05, 3.63) is 0 Å². The predicted molar refractivity (Wildman–Crippen MR) is 46.0 cm³/mol. The van der Waals surface area contributed by atoms with E-state index in [1.165, 1.54) is 0 Å². The topological polar surface area (TPSA) is 80.3 Å². The van der Waals surface area contributed by atoms with Gasteiger partial charge >= 0.3 is 0 Å². The Morgan fingerprint density at radius 1 is 0.750 bits per heavy atom. The van der Waals surface area contributed by atoms with Crippen molar-refractivity contribution in [2.75, 3.05) is 11.5 Å². The van der Waals surface area contributed by atoms with Crippen molar-refractivity contribution < 1.29 is 17.5 Å². The third-order valence-electron chi connectivity index (χ3n) is 1.37. The first-order valence-corrected chi connectivity index (χ1v) is 6.23. The maximum atomic E-state index is 10.0. The van der Waals surface area contributed by atoms with Crippen LogP contribution in [-0.2, 0) is 22.2 Å². The fourth-order valence-electron chi connectivity index (χ4n) is 0.793. The second kappa shape index (κ2) is 7.85. The van der Waals surface area contributed by atoms with E-state index in [9.17, 15) is 17.5 Å². The monoisotopic (exact) mass is 212 g/mol. The van der Waals surface area contributed by atoms with E-state index in [0.29, 0.717) is 12.8 Å². The lowest BCUT2D eigenvalue weighted by atomic mass is 10.2. The lowest BCUT2D eigenvalue weighted by Gasteiger charge is -2.05. The molecule has 0 bridgehead atoms. The second-order valence-corrected chi connectivity index (χ2v) is 4.46. The molecular weight excluding hydrogens is 200 g/mol. The van der Waals surface area contributed by atoms with Crippen LogP contribution in [0.3, 0.4) is 0 Å². The largest absolute Gasteiger partial charge is 0.772 e. The van der Waals surface area contributed by atoms with Gasteiger partial charge in [0, 0.05) is 11.5 Å². The summed E-state index contributed by atoms with van der Waals surface area (Å²) in [4.78, 5) is 0. The van der Waals surface area contributed by atoms with Gasteiger partial charge in [-0.1, -0.05) is 35.0 Å². The molecule has 0 fully saturated rings. The summed E-state index contributed by atoms with van der Waals surface area (Å²) in [7, 11) is 0. The fourth-order valence-corrected chi connectivity index (χ4v) is 1.67. The Morgan fingerprint density at radius 3 is 1.33 bits per heavy atom. The van der Waals surface area contributed by atoms with Crippen LogP contribution in [0.2, 0.25) is 0 Å². The highest BCUT2D eigenvalue weighted by molar-refractivity contribution is 7.79. The van der Waals surface area contributed by atoms with E-state index < -0.39 is 22.2 Å². The van der Waals surface area contributed by atoms with Gasteiger partial charge in [-0.05, 0) is 12.8 Å². The molecule has 74 valence electrons. The molecule has 12 heavy (non-hydrogen) atoms. The van der Waals surface area contributed by atoms with E-state index >= 15 is 0 Å². The highest BCUT2D eigenvalue weighted by atomic mass is 32.2. The van der Waals surface area contributed by atoms with Gasteiger partial charge in [0.05, 0.1) is 0 Å². The Labute approximate surface area is 77.3 Å². The first kappa shape index (κ1) is 12.2. The van der Waals surface area contributed by atoms with Crippen molar-refractivity contribution in [3.63, 3.8) is 0 Å². The van der Waals surface area contributed by atoms with Crippen LogP contribution in [-0.4, -0.2) is 29.0 Å². The minimum atomic E-state index is -1.95. The van der Waals surface area contributed by atoms with Gasteiger partial charge in [-0.25, -0.2) is 0 Å². The Balaban J connectivity index is 3.01. The molecule has 0 aromatic carbocycles. The number of hydrogen-bond acceptors (Lipinski definition) is 4. The van der Waals surface area contributed by atoms with Gasteiger partial charge in [-0.2, -0.15) is 0 Å². The molecule has 0 aliphatic rings. The quantitative estimate of drug-likeness (QED) is 0.449. The molecule has 2 unspecified atom stereocenters. The number of unbranched alkanes of at least 4 members (excludes halogenated alkanes) is 3. The second-order valence-electron chi connectivity index (χ2n) is 2.43. The van der Waals surface area contributed by atoms with Crippen molar-refractivity contribution in [3.8, 4) is 0 Å². The molecule has 6 heteroatoms. The Morgan fingerprint density at radius 2 is 1.08 bits per heavy atom. The maximum absolute atomic E-state index is 10.0. The van der Waals surface area contributed by atoms with Crippen LogP contribution in [0.1, 0.15) is 25.7 Å². The molecule has 2 atom stereocenters. The zero-order valence-corrected chi connectivity index (χ0v) is 8.33. The summed E-state index contributed by atoms with van der Waals surface area (Å²) in [5.74, 6) is 0.362. The summed E-state index contributed by atoms with van der Waals surface area (Å²) in [6.45, 7) is 0. The van der Waals surface area contributed by atoms with Crippen LogP contribution in [0.4, 0.5) is 0 Å². The predicted octanol–water partition coefficient (Wildman–Crippen LogP) is 0.305. The lowest BCUT2D eigenvalue weighted by Crippen LogP contribution is -1.97. The van der Waals surface area contributed by atoms with E-state index in [0.717, 1.165) is 12.8 Å². The number of hydrogen-bond donors (Lipinski definition) is 0. The minimum absolute atomic E-state index is 0.181. The summed E-state index contributed by atoms with van der Waals surface area (Å²) in [5, 5.41) is 0. The molecule has 0 aliphatic heterocycles. The Kier molecular flexibility index (Phi) is 7.99. The average molecular weight is 212 g/mol. The van der Waals surface area contributed by atoms with E-state index in [1.807, 2.05) is 0 Å². The summed E-state index contributed by atoms with van der Waals surface area (Å²) in [6, 6.07) is 0. The van der Waals surface area contributed by atoms with Gasteiger partial charge in [-0.3, -0.25) is 8.42 Å². The van der Waals surface area contributed by atoms with Crippen molar-refractivity contribution >= 4 is 22.2 Å². The highest BCUT2D eigenvalue weighted by Gasteiger charge is 1.90. The van der Waals surface area contributed by atoms with Crippen molar-refractivity contribution in [1.82, 2.24) is 0 Å². The van der Waals surface area contributed by atoms with Gasteiger partial charge in [-0.15, -0.1) is 0 Å². The summed E-state index contributed by atoms with van der Waals surface area (Å²) in [5.41, 5.74) is 0. The molecule has 0 rings (SSSR count). The van der Waals surface area contributed by atoms with Crippen LogP contribution in [0.5, 0.6) is 0 Å². The molecule has 0 aromatic rings. The highest BCUT2D eigenvalue weighted by Crippen LogP contribution is 2.00. The molecular formula is C6H12O4S2-2. The van der Waals surface area contributed by atoms with Crippen LogP contribution in [0.25, 0.3) is 0 Å². The summed E-state index contributed by atoms with van der Waals surface area (Å²) < 4.78 is 40.2. The summed E-state index contributed by atoms with van der Waals surface area (Å²) >= 11 is -3.90. The van der Waals surface area contributed by atoms with Crippen molar-refractivity contribution in [1.29, 1.82) is 0 Å². The molecule has 0 spiro atoms. The molecule has 4 nitrogen and oxygen atoms in total. The van der Waals surface area contributed by atoms with E-state index in [1.54, 1.807) is 0 Å². The minimum Gasteiger partial charge on any atom is -0.772 e. The van der Waals surface area contributed by atoms with E-state index in [2.05, 4.69) is 0 Å². The summed E-state index contributed by atoms with van der Waals surface area (Å²) in [6.07, 6.45) is 2.82. The van der Waals surface area contributed by atoms with Gasteiger partial charge in [0.15, 0.2) is 0 Å². The number of rotatable bonds is 7. The van der Waals surface area contributed by atoms with Crippen molar-refractivity contribution in [2.24, 2.45) is 0 Å².